The molecule has 0 spiro atoms. The third-order valence-corrected chi connectivity index (χ3v) is 3.24. The zero-order valence-corrected chi connectivity index (χ0v) is 13.6. The maximum atomic E-state index is 10.6. The van der Waals surface area contributed by atoms with Gasteiger partial charge in [-0.25, -0.2) is 0 Å². The van der Waals surface area contributed by atoms with Crippen LogP contribution in [0, 0.1) is 5.92 Å². The predicted octanol–water partition coefficient (Wildman–Crippen LogP) is 4.72. The molecule has 0 atom stereocenters. The Labute approximate surface area is 127 Å². The first kappa shape index (κ1) is 17.3. The Kier molecular flexibility index (Phi) is 6.47. The van der Waals surface area contributed by atoms with Crippen LogP contribution in [0.2, 0.25) is 0 Å². The van der Waals surface area contributed by atoms with Crippen LogP contribution in [-0.4, -0.2) is 17.7 Å². The molecule has 0 unspecified atom stereocenters. The molecule has 0 fully saturated rings. The van der Waals surface area contributed by atoms with Crippen molar-refractivity contribution in [3.8, 4) is 5.75 Å². The maximum absolute atomic E-state index is 10.6. The van der Waals surface area contributed by atoms with Crippen LogP contribution in [0.4, 0.5) is 0 Å². The van der Waals surface area contributed by atoms with Crippen molar-refractivity contribution in [2.24, 2.45) is 5.92 Å². The van der Waals surface area contributed by atoms with Crippen LogP contribution in [-0.2, 0) is 4.79 Å². The summed E-state index contributed by atoms with van der Waals surface area (Å²) in [5, 5.41) is 8.75. The van der Waals surface area contributed by atoms with Gasteiger partial charge in [-0.15, -0.1) is 0 Å². The lowest BCUT2D eigenvalue weighted by Gasteiger charge is -2.17. The van der Waals surface area contributed by atoms with Gasteiger partial charge in [-0.1, -0.05) is 39.8 Å². The van der Waals surface area contributed by atoms with Crippen molar-refractivity contribution in [1.29, 1.82) is 0 Å². The molecule has 0 saturated heterocycles. The molecule has 3 heteroatoms. The summed E-state index contributed by atoms with van der Waals surface area (Å²) in [6.45, 7) is 11.2. The second-order valence-electron chi connectivity index (χ2n) is 6.10. The molecule has 0 aromatic heterocycles. The number of hydrogen-bond donors (Lipinski definition) is 1. The monoisotopic (exact) mass is 290 g/mol. The van der Waals surface area contributed by atoms with Crippen molar-refractivity contribution in [2.45, 2.75) is 47.0 Å². The molecule has 0 aliphatic heterocycles. The summed E-state index contributed by atoms with van der Waals surface area (Å²) in [5.41, 5.74) is 3.20. The van der Waals surface area contributed by atoms with Crippen LogP contribution in [0.1, 0.15) is 58.1 Å². The van der Waals surface area contributed by atoms with E-state index in [9.17, 15) is 4.79 Å². The lowest BCUT2D eigenvalue weighted by Crippen LogP contribution is -2.07. The normalized spacial score (nSPS) is 12.0. The molecule has 0 bridgehead atoms. The van der Waals surface area contributed by atoms with E-state index in [0.29, 0.717) is 18.4 Å². The van der Waals surface area contributed by atoms with Crippen LogP contribution in [0.25, 0.3) is 5.57 Å². The number of carboxylic acid groups (broad SMARTS) is 1. The Morgan fingerprint density at radius 2 is 1.95 bits per heavy atom. The second kappa shape index (κ2) is 7.87. The number of carboxylic acids is 1. The van der Waals surface area contributed by atoms with E-state index in [-0.39, 0.29) is 6.42 Å². The van der Waals surface area contributed by atoms with Crippen LogP contribution in [0.3, 0.4) is 0 Å². The quantitative estimate of drug-likeness (QED) is 0.790. The van der Waals surface area contributed by atoms with E-state index in [1.165, 1.54) is 0 Å². The topological polar surface area (TPSA) is 46.5 Å². The second-order valence-corrected chi connectivity index (χ2v) is 6.10. The van der Waals surface area contributed by atoms with Gasteiger partial charge in [-0.05, 0) is 47.6 Å². The molecule has 0 radical (unpaired) electrons. The van der Waals surface area contributed by atoms with Crippen LogP contribution in [0.15, 0.2) is 24.3 Å². The van der Waals surface area contributed by atoms with E-state index in [1.54, 1.807) is 6.08 Å². The first-order valence-corrected chi connectivity index (χ1v) is 7.47. The third-order valence-electron chi connectivity index (χ3n) is 3.24. The van der Waals surface area contributed by atoms with Gasteiger partial charge in [0.05, 0.1) is 13.0 Å². The van der Waals surface area contributed by atoms with E-state index in [1.807, 2.05) is 19.1 Å². The van der Waals surface area contributed by atoms with Crippen molar-refractivity contribution >= 4 is 11.5 Å². The number of rotatable bonds is 7. The van der Waals surface area contributed by atoms with Gasteiger partial charge in [0.15, 0.2) is 0 Å². The van der Waals surface area contributed by atoms with Gasteiger partial charge in [-0.3, -0.25) is 4.79 Å². The fourth-order valence-corrected chi connectivity index (χ4v) is 1.99. The highest BCUT2D eigenvalue weighted by molar-refractivity contribution is 5.74. The lowest BCUT2D eigenvalue weighted by molar-refractivity contribution is -0.135. The minimum Gasteiger partial charge on any atom is -0.493 e. The van der Waals surface area contributed by atoms with Crippen molar-refractivity contribution in [3.05, 3.63) is 35.4 Å². The van der Waals surface area contributed by atoms with Gasteiger partial charge in [0.2, 0.25) is 0 Å². The number of hydrogen-bond acceptors (Lipinski definition) is 2. The molecule has 0 aliphatic carbocycles. The number of aliphatic carboxylic acids is 1. The Morgan fingerprint density at radius 1 is 1.29 bits per heavy atom. The van der Waals surface area contributed by atoms with E-state index >= 15 is 0 Å². The average molecular weight is 290 g/mol. The third kappa shape index (κ3) is 5.62. The van der Waals surface area contributed by atoms with Gasteiger partial charge in [-0.2, -0.15) is 0 Å². The Balaban J connectivity index is 3.02. The summed E-state index contributed by atoms with van der Waals surface area (Å²) in [5.74, 6) is 0.963. The first-order chi connectivity index (χ1) is 9.81. The Morgan fingerprint density at radius 3 is 2.48 bits per heavy atom. The number of allylic oxidation sites excluding steroid dienone is 1. The predicted molar refractivity (Wildman–Crippen MR) is 86.8 cm³/mol. The number of benzene rings is 1. The van der Waals surface area contributed by atoms with Crippen LogP contribution < -0.4 is 4.74 Å². The maximum Gasteiger partial charge on any atom is 0.307 e. The standard InChI is InChI=1S/C18H26O3/c1-12(2)11-21-17-8-7-15(10-16(17)13(3)4)14(5)6-9-18(19)20/h6-8,10,12-13H,9,11H2,1-5H3,(H,19,20)/b14-6+. The van der Waals surface area contributed by atoms with Gasteiger partial charge in [0, 0.05) is 0 Å². The molecule has 3 nitrogen and oxygen atoms in total. The molecular weight excluding hydrogens is 264 g/mol. The molecule has 0 saturated carbocycles. The molecule has 0 heterocycles. The van der Waals surface area contributed by atoms with Gasteiger partial charge in [0.1, 0.15) is 5.75 Å². The fraction of sp³-hybridized carbons (Fsp3) is 0.500. The molecular formula is C18H26O3. The number of ether oxygens (including phenoxy) is 1. The highest BCUT2D eigenvalue weighted by atomic mass is 16.5. The molecule has 1 rings (SSSR count). The molecule has 21 heavy (non-hydrogen) atoms. The zero-order valence-electron chi connectivity index (χ0n) is 13.6. The van der Waals surface area contributed by atoms with Gasteiger partial charge in [0.25, 0.3) is 0 Å². The van der Waals surface area contributed by atoms with E-state index in [2.05, 4.69) is 33.8 Å². The summed E-state index contributed by atoms with van der Waals surface area (Å²) >= 11 is 0. The summed E-state index contributed by atoms with van der Waals surface area (Å²) in [7, 11) is 0. The minimum atomic E-state index is -0.810. The first-order valence-electron chi connectivity index (χ1n) is 7.47. The van der Waals surface area contributed by atoms with Gasteiger partial charge >= 0.3 is 5.97 Å². The fourth-order valence-electron chi connectivity index (χ4n) is 1.99. The Bertz CT molecular complexity index is 513. The Hall–Kier alpha value is -1.77. The summed E-state index contributed by atoms with van der Waals surface area (Å²) in [6, 6.07) is 6.09. The minimum absolute atomic E-state index is 0.0500. The van der Waals surface area contributed by atoms with E-state index < -0.39 is 5.97 Å². The highest BCUT2D eigenvalue weighted by Gasteiger charge is 2.10. The largest absolute Gasteiger partial charge is 0.493 e. The van der Waals surface area contributed by atoms with Crippen molar-refractivity contribution < 1.29 is 14.6 Å². The average Bonchev–Trinajstić information content (AvgIpc) is 2.42. The van der Waals surface area contributed by atoms with E-state index in [0.717, 1.165) is 22.4 Å². The molecule has 1 aromatic rings. The van der Waals surface area contributed by atoms with E-state index in [4.69, 9.17) is 9.84 Å². The molecule has 1 N–H and O–H groups in total. The van der Waals surface area contributed by atoms with Crippen LogP contribution >= 0.6 is 0 Å². The smallest absolute Gasteiger partial charge is 0.307 e. The van der Waals surface area contributed by atoms with Crippen LogP contribution in [0.5, 0.6) is 5.75 Å². The van der Waals surface area contributed by atoms with Crippen molar-refractivity contribution in [3.63, 3.8) is 0 Å². The summed E-state index contributed by atoms with van der Waals surface area (Å²) < 4.78 is 5.88. The summed E-state index contributed by atoms with van der Waals surface area (Å²) in [4.78, 5) is 10.6. The summed E-state index contributed by atoms with van der Waals surface area (Å²) in [6.07, 6.45) is 1.80. The van der Waals surface area contributed by atoms with Crippen molar-refractivity contribution in [1.82, 2.24) is 0 Å². The van der Waals surface area contributed by atoms with Gasteiger partial charge < -0.3 is 9.84 Å². The SMILES string of the molecule is C/C(=C\CC(=O)O)c1ccc(OCC(C)C)c(C(C)C)c1. The molecule has 0 aliphatic rings. The molecule has 116 valence electrons. The van der Waals surface area contributed by atoms with Crippen molar-refractivity contribution in [2.75, 3.05) is 6.61 Å². The lowest BCUT2D eigenvalue weighted by atomic mass is 9.96. The highest BCUT2D eigenvalue weighted by Crippen LogP contribution is 2.30. The molecule has 0 amide bonds. The molecule has 1 aromatic carbocycles. The number of carbonyl (C=O) groups is 1. The zero-order chi connectivity index (χ0) is 16.0.